The first-order valence-electron chi connectivity index (χ1n) is 0.408. The maximum atomic E-state index is 4.25. The molecule has 2 heteroatoms. The molecule has 0 aliphatic rings. The second-order valence-electron chi connectivity index (χ2n) is 0. The van der Waals surface area contributed by atoms with Gasteiger partial charge < -0.3 is 14.0 Å². The zero-order valence-corrected chi connectivity index (χ0v) is 5.03. The van der Waals surface area contributed by atoms with Crippen molar-refractivity contribution in [3.63, 3.8) is 0 Å². The summed E-state index contributed by atoms with van der Waals surface area (Å²) in [5.41, 5.74) is 0. The van der Waals surface area contributed by atoms with Crippen LogP contribution in [0.1, 0.15) is 0 Å². The summed E-state index contributed by atoms with van der Waals surface area (Å²) in [4.78, 5) is 0. The van der Waals surface area contributed by atoms with Gasteiger partial charge in [0.05, 0.1) is 0 Å². The van der Waals surface area contributed by atoms with Gasteiger partial charge in [0.25, 0.3) is 0 Å². The molecule has 0 bridgehead atoms. The molecule has 0 aromatic carbocycles. The Kier molecular flexibility index (Phi) is 999. The van der Waals surface area contributed by atoms with Crippen LogP contribution in [0.5, 0.6) is 0 Å². The largest absolute Gasteiger partial charge is 0.521 e. The first-order chi connectivity index (χ1) is 1.00. The summed E-state index contributed by atoms with van der Waals surface area (Å²) in [6, 6.07) is 0. The average molecular weight is 160 g/mol. The quantitative estimate of drug-likeness (QED) is 0.464. The van der Waals surface area contributed by atoms with Gasteiger partial charge in [-0.05, 0) is 0 Å². The van der Waals surface area contributed by atoms with E-state index >= 15 is 0 Å². The standard InChI is InChI=1S/C2H3.CH3.2Co/c1-2;;;/h1H,2H2;1H3;;/q2*-1;;. The van der Waals surface area contributed by atoms with Gasteiger partial charge in [-0.1, -0.05) is 0 Å². The first-order valence-corrected chi connectivity index (χ1v) is 0.408. The van der Waals surface area contributed by atoms with Crippen molar-refractivity contribution in [2.45, 2.75) is 0 Å². The van der Waals surface area contributed by atoms with E-state index in [1.165, 1.54) is 0 Å². The number of hydrogen-bond donors (Lipinski definition) is 0. The molecule has 0 amide bonds. The van der Waals surface area contributed by atoms with Crippen molar-refractivity contribution < 1.29 is 33.6 Å². The summed E-state index contributed by atoms with van der Waals surface area (Å²) in [5, 5.41) is 0. The van der Waals surface area contributed by atoms with Crippen LogP contribution in [0.15, 0.2) is 6.58 Å². The van der Waals surface area contributed by atoms with Gasteiger partial charge in [0, 0.05) is 33.6 Å². The first kappa shape index (κ1) is 42.3. The van der Waals surface area contributed by atoms with Crippen LogP contribution >= 0.6 is 0 Å². The molecule has 0 N–H and O–H groups in total. The summed E-state index contributed by atoms with van der Waals surface area (Å²) in [6.07, 6.45) is 0. The summed E-state index contributed by atoms with van der Waals surface area (Å²) in [6.45, 7) is 7.00. The third kappa shape index (κ3) is 63.5. The van der Waals surface area contributed by atoms with E-state index in [1.807, 2.05) is 0 Å². The fourth-order valence-electron chi connectivity index (χ4n) is 0. The second kappa shape index (κ2) is 118. The van der Waals surface area contributed by atoms with Gasteiger partial charge in [-0.25, -0.2) is 0 Å². The molecular formula is C3H6Co2-2. The average Bonchev–Trinajstić information content (AvgIpc) is 1.00. The van der Waals surface area contributed by atoms with Crippen molar-refractivity contribution >= 4 is 0 Å². The molecule has 0 aliphatic carbocycles. The summed E-state index contributed by atoms with van der Waals surface area (Å²) in [5.74, 6) is 0. The molecule has 0 saturated carbocycles. The molecule has 0 aromatic heterocycles. The van der Waals surface area contributed by atoms with E-state index in [2.05, 4.69) is 13.2 Å². The van der Waals surface area contributed by atoms with Crippen LogP contribution in [0.25, 0.3) is 0 Å². The number of rotatable bonds is 0. The molecule has 38 valence electrons. The van der Waals surface area contributed by atoms with Crippen molar-refractivity contribution in [1.82, 2.24) is 0 Å². The van der Waals surface area contributed by atoms with Gasteiger partial charge in [-0.2, -0.15) is 0 Å². The van der Waals surface area contributed by atoms with Crippen molar-refractivity contribution in [3.8, 4) is 0 Å². The molecule has 0 nitrogen and oxygen atoms in total. The van der Waals surface area contributed by atoms with Gasteiger partial charge >= 0.3 is 0 Å². The second-order valence-corrected chi connectivity index (χ2v) is 0. The Bertz CT molecular complexity index is 4.85. The van der Waals surface area contributed by atoms with Crippen LogP contribution < -0.4 is 0 Å². The van der Waals surface area contributed by atoms with Gasteiger partial charge in [0.2, 0.25) is 0 Å². The summed E-state index contributed by atoms with van der Waals surface area (Å²) in [7, 11) is 0. The molecule has 0 aromatic rings. The Labute approximate surface area is 54.4 Å². The van der Waals surface area contributed by atoms with E-state index in [-0.39, 0.29) is 41.0 Å². The van der Waals surface area contributed by atoms with Gasteiger partial charge in [-0.15, -0.1) is 0 Å². The molecule has 0 unspecified atom stereocenters. The number of hydrogen-bond acceptors (Lipinski definition) is 0. The van der Waals surface area contributed by atoms with Crippen molar-refractivity contribution in [2.75, 3.05) is 0 Å². The minimum Gasteiger partial charge on any atom is -0.521 e. The fraction of sp³-hybridized carbons (Fsp3) is 0. The van der Waals surface area contributed by atoms with Crippen LogP contribution in [-0.4, -0.2) is 0 Å². The van der Waals surface area contributed by atoms with E-state index in [9.17, 15) is 0 Å². The van der Waals surface area contributed by atoms with E-state index in [1.54, 1.807) is 0 Å². The Balaban J connectivity index is -0.00000000167. The van der Waals surface area contributed by atoms with Crippen molar-refractivity contribution in [2.24, 2.45) is 0 Å². The predicted octanol–water partition coefficient (Wildman–Crippen LogP) is 1.05. The summed E-state index contributed by atoms with van der Waals surface area (Å²) >= 11 is 0. The van der Waals surface area contributed by atoms with Gasteiger partial charge in [-0.3, -0.25) is 6.58 Å². The van der Waals surface area contributed by atoms with Crippen molar-refractivity contribution in [1.29, 1.82) is 0 Å². The third-order valence-electron chi connectivity index (χ3n) is 0. The SMILES string of the molecule is [CH-]=C.[CH3-].[Co].[Co]. The van der Waals surface area contributed by atoms with Gasteiger partial charge in [0.15, 0.2) is 0 Å². The molecule has 0 saturated heterocycles. The maximum absolute atomic E-state index is 4.25. The van der Waals surface area contributed by atoms with E-state index < -0.39 is 0 Å². The molecule has 0 spiro atoms. The van der Waals surface area contributed by atoms with E-state index in [0.29, 0.717) is 0 Å². The smallest absolute Gasteiger partial charge is 0 e. The molecule has 0 heterocycles. The zero-order valence-electron chi connectivity index (χ0n) is 2.95. The van der Waals surface area contributed by atoms with Crippen LogP contribution in [0.2, 0.25) is 0 Å². The Morgan fingerprint density at radius 1 is 1.00 bits per heavy atom. The Morgan fingerprint density at radius 2 is 1.00 bits per heavy atom. The molecule has 5 heavy (non-hydrogen) atoms. The zero-order chi connectivity index (χ0) is 2.00. The molecule has 0 fully saturated rings. The Morgan fingerprint density at radius 3 is 1.00 bits per heavy atom. The topological polar surface area (TPSA) is 0 Å². The van der Waals surface area contributed by atoms with Crippen molar-refractivity contribution in [3.05, 3.63) is 20.6 Å². The van der Waals surface area contributed by atoms with Gasteiger partial charge in [0.1, 0.15) is 0 Å². The van der Waals surface area contributed by atoms with Crippen LogP contribution in [0.3, 0.4) is 0 Å². The van der Waals surface area contributed by atoms with E-state index in [4.69, 9.17) is 0 Å². The van der Waals surface area contributed by atoms with Crippen LogP contribution in [0.4, 0.5) is 0 Å². The minimum atomic E-state index is 0. The van der Waals surface area contributed by atoms with Crippen LogP contribution in [-0.2, 0) is 33.6 Å². The third-order valence-corrected chi connectivity index (χ3v) is 0. The molecule has 0 rings (SSSR count). The maximum Gasteiger partial charge on any atom is 0 e. The molecule has 2 radical (unpaired) electrons. The Hall–Kier alpha value is 0.753. The normalized spacial score (nSPS) is 0.800. The molecular weight excluding hydrogens is 154 g/mol. The monoisotopic (exact) mass is 160 g/mol. The predicted molar refractivity (Wildman–Crippen MR) is 16.3 cm³/mol. The van der Waals surface area contributed by atoms with Crippen LogP contribution in [0, 0.1) is 14.0 Å². The fourth-order valence-corrected chi connectivity index (χ4v) is 0. The minimum absolute atomic E-state index is 0. The van der Waals surface area contributed by atoms with E-state index in [0.717, 1.165) is 0 Å². The summed E-state index contributed by atoms with van der Waals surface area (Å²) < 4.78 is 0. The molecule has 0 aliphatic heterocycles. The molecule has 0 atom stereocenters.